The van der Waals surface area contributed by atoms with Crippen LogP contribution in [0.15, 0.2) is 30.3 Å². The van der Waals surface area contributed by atoms with Crippen molar-refractivity contribution in [1.29, 1.82) is 0 Å². The molecule has 0 amide bonds. The zero-order valence-electron chi connectivity index (χ0n) is 38.7. The van der Waals surface area contributed by atoms with Crippen LogP contribution in [-0.2, 0) is 44.4 Å². The molecule has 0 radical (unpaired) electrons. The quantitative estimate of drug-likeness (QED) is 0.262. The van der Waals surface area contributed by atoms with Gasteiger partial charge in [0.15, 0.2) is 12.6 Å². The first-order valence-electron chi connectivity index (χ1n) is 22.2. The molecule has 4 aliphatic rings. The fourth-order valence-electron chi connectivity index (χ4n) is 11.1. The zero-order chi connectivity index (χ0) is 44.6. The first-order chi connectivity index (χ1) is 28.0. The van der Waals surface area contributed by atoms with E-state index in [-0.39, 0.29) is 42.9 Å². The van der Waals surface area contributed by atoms with Gasteiger partial charge < -0.3 is 58.5 Å². The number of aliphatic hydroxyl groups excluding tert-OH is 2. The number of hydrogen-bond donors (Lipinski definition) is 4. The highest BCUT2D eigenvalue weighted by Gasteiger charge is 2.56. The summed E-state index contributed by atoms with van der Waals surface area (Å²) in [4.78, 5) is 18.8. The van der Waals surface area contributed by atoms with E-state index in [0.717, 1.165) is 5.56 Å². The zero-order valence-corrected chi connectivity index (χ0v) is 38.7. The van der Waals surface area contributed by atoms with Crippen LogP contribution in [0.1, 0.15) is 100 Å². The van der Waals surface area contributed by atoms with E-state index in [1.54, 1.807) is 34.6 Å². The van der Waals surface area contributed by atoms with Crippen molar-refractivity contribution in [1.82, 2.24) is 9.80 Å². The van der Waals surface area contributed by atoms with Gasteiger partial charge in [0.2, 0.25) is 0 Å². The Kier molecular flexibility index (Phi) is 16.0. The lowest BCUT2D eigenvalue weighted by Crippen LogP contribution is -2.67. The molecule has 4 fully saturated rings. The molecular weight excluding hydrogens is 773 g/mol. The molecule has 14 heteroatoms. The van der Waals surface area contributed by atoms with Crippen molar-refractivity contribution in [3.63, 3.8) is 0 Å². The van der Waals surface area contributed by atoms with Crippen molar-refractivity contribution in [3.8, 4) is 0 Å². The molecular formula is C46H78N2O12. The fraction of sp³-hybridized carbons (Fsp3) is 0.848. The van der Waals surface area contributed by atoms with E-state index in [1.807, 2.05) is 65.0 Å². The summed E-state index contributed by atoms with van der Waals surface area (Å²) in [6.45, 7) is 18.5. The van der Waals surface area contributed by atoms with Crippen molar-refractivity contribution >= 4 is 5.97 Å². The largest absolute Gasteiger partial charge is 0.459 e. The fourth-order valence-corrected chi connectivity index (χ4v) is 11.1. The van der Waals surface area contributed by atoms with Gasteiger partial charge in [-0.1, -0.05) is 58.0 Å². The monoisotopic (exact) mass is 851 g/mol. The molecule has 0 spiro atoms. The van der Waals surface area contributed by atoms with Gasteiger partial charge >= 0.3 is 5.97 Å². The predicted octanol–water partition coefficient (Wildman–Crippen LogP) is 4.12. The van der Waals surface area contributed by atoms with Crippen molar-refractivity contribution < 1.29 is 58.4 Å². The third-order valence-corrected chi connectivity index (χ3v) is 14.5. The summed E-state index contributed by atoms with van der Waals surface area (Å²) in [5.74, 6) is -2.81. The number of ether oxygens (including phenoxy) is 7. The van der Waals surface area contributed by atoms with Gasteiger partial charge in [-0.15, -0.1) is 0 Å². The molecule has 4 aliphatic heterocycles. The van der Waals surface area contributed by atoms with E-state index in [4.69, 9.17) is 33.2 Å². The third-order valence-electron chi connectivity index (χ3n) is 14.5. The molecule has 0 saturated carbocycles. The van der Waals surface area contributed by atoms with Gasteiger partial charge in [0.1, 0.15) is 30.1 Å². The number of esters is 1. The van der Waals surface area contributed by atoms with Gasteiger partial charge in [0, 0.05) is 43.9 Å². The number of cyclic esters (lactones) is 1. The molecule has 4 heterocycles. The first kappa shape index (κ1) is 49.2. The number of hydrogen-bond acceptors (Lipinski definition) is 14. The summed E-state index contributed by atoms with van der Waals surface area (Å²) >= 11 is 0. The Balaban J connectivity index is 1.63. The van der Waals surface area contributed by atoms with E-state index in [9.17, 15) is 25.2 Å². The van der Waals surface area contributed by atoms with Crippen LogP contribution in [-0.4, -0.2) is 161 Å². The minimum Gasteiger partial charge on any atom is -0.459 e. The van der Waals surface area contributed by atoms with Crippen molar-refractivity contribution in [2.75, 3.05) is 28.3 Å². The lowest BCUT2D eigenvalue weighted by molar-refractivity contribution is -0.319. The number of carbonyl (C=O) groups is 1. The molecule has 4 saturated heterocycles. The van der Waals surface area contributed by atoms with Crippen LogP contribution in [0.25, 0.3) is 0 Å². The molecule has 2 bridgehead atoms. The number of nitrogens with zero attached hydrogens (tertiary/aromatic N) is 2. The highest BCUT2D eigenvalue weighted by Crippen LogP contribution is 2.44. The van der Waals surface area contributed by atoms with Crippen LogP contribution in [0.5, 0.6) is 0 Å². The van der Waals surface area contributed by atoms with E-state index in [1.165, 1.54) is 7.11 Å². The van der Waals surface area contributed by atoms with Crippen LogP contribution in [0.4, 0.5) is 0 Å². The Labute approximate surface area is 359 Å². The molecule has 1 aromatic carbocycles. The highest BCUT2D eigenvalue weighted by molar-refractivity contribution is 5.73. The summed E-state index contributed by atoms with van der Waals surface area (Å²) < 4.78 is 45.3. The number of likely N-dealkylation sites (N-methyl/N-ethyl adjacent to an activating group) is 2. The van der Waals surface area contributed by atoms with Gasteiger partial charge in [-0.3, -0.25) is 9.69 Å². The second kappa shape index (κ2) is 19.5. The average molecular weight is 851 g/mol. The van der Waals surface area contributed by atoms with Gasteiger partial charge in [-0.05, 0) is 93.4 Å². The molecule has 0 unspecified atom stereocenters. The second-order valence-electron chi connectivity index (χ2n) is 19.6. The predicted molar refractivity (Wildman–Crippen MR) is 226 cm³/mol. The number of carbonyl (C=O) groups excluding carboxylic acids is 1. The Morgan fingerprint density at radius 1 is 0.917 bits per heavy atom. The number of aliphatic hydroxyl groups is 4. The number of methoxy groups -OCH3 is 1. The Bertz CT molecular complexity index is 1530. The van der Waals surface area contributed by atoms with Crippen molar-refractivity contribution in [2.45, 2.75) is 198 Å². The van der Waals surface area contributed by atoms with Crippen LogP contribution in [0.3, 0.4) is 0 Å². The molecule has 14 nitrogen and oxygen atoms in total. The van der Waals surface area contributed by atoms with E-state index >= 15 is 0 Å². The van der Waals surface area contributed by atoms with Crippen LogP contribution < -0.4 is 0 Å². The summed E-state index contributed by atoms with van der Waals surface area (Å²) in [5, 5.41) is 48.5. The Hall–Kier alpha value is -1.79. The smallest absolute Gasteiger partial charge is 0.311 e. The van der Waals surface area contributed by atoms with E-state index in [2.05, 4.69) is 30.9 Å². The molecule has 4 N–H and O–H groups in total. The van der Waals surface area contributed by atoms with Crippen molar-refractivity contribution in [3.05, 3.63) is 35.9 Å². The van der Waals surface area contributed by atoms with Crippen LogP contribution in [0.2, 0.25) is 0 Å². The maximum Gasteiger partial charge on any atom is 0.311 e. The van der Waals surface area contributed by atoms with Gasteiger partial charge in [0.05, 0.1) is 47.6 Å². The normalized spacial score (nSPS) is 47.7. The maximum absolute atomic E-state index is 14.6. The number of rotatable bonds is 9. The van der Waals surface area contributed by atoms with Crippen LogP contribution >= 0.6 is 0 Å². The second-order valence-corrected chi connectivity index (χ2v) is 19.6. The lowest BCUT2D eigenvalue weighted by atomic mass is 9.71. The molecule has 5 rings (SSSR count). The standard InChI is InChI=1S/C46H78N2O12/c1-15-33-46(10,53)41-27(4)36(48(13)34(58-41)22-31-19-17-16-18-20-31)25(2)23-44(8,52)40(60-43-37(49)32(47(11)12)21-26(3)55-43)28(5)38(29(6)42(51)57-33)59-35-24-45(9,54-14)39(50)30(7)56-35/h16-20,25-30,32-41,43,49-50,52-53H,15,21-24H2,1-14H3/t25-,26-,27+,28+,29-,30+,32+,33-,34-,35+,36+,37-,38+,39+,40-,41-,43+,44-,45-,46-/m1/s1. The number of fused-ring (bicyclic) bond motifs is 2. The molecule has 20 atom stereocenters. The molecule has 0 aliphatic carbocycles. The van der Waals surface area contributed by atoms with E-state index in [0.29, 0.717) is 19.3 Å². The summed E-state index contributed by atoms with van der Waals surface area (Å²) in [6, 6.07) is 9.58. The molecule has 1 aromatic rings. The van der Waals surface area contributed by atoms with Gasteiger partial charge in [-0.2, -0.15) is 0 Å². The van der Waals surface area contributed by atoms with Gasteiger partial charge in [-0.25, -0.2) is 0 Å². The lowest BCUT2D eigenvalue weighted by Gasteiger charge is -2.55. The van der Waals surface area contributed by atoms with E-state index < -0.39 is 96.1 Å². The number of benzene rings is 1. The topological polar surface area (TPSA) is 169 Å². The summed E-state index contributed by atoms with van der Waals surface area (Å²) in [7, 11) is 7.37. The van der Waals surface area contributed by atoms with Gasteiger partial charge in [0.25, 0.3) is 0 Å². The minimum atomic E-state index is -1.61. The van der Waals surface area contributed by atoms with Crippen LogP contribution in [0, 0.1) is 23.7 Å². The SMILES string of the molecule is CC[C@H]1OC(=O)[C@H](C)[C@@H](O[C@H]2C[C@@](C)(OC)[C@@H](O)[C@H](C)O2)[C@H](C)[C@@H](O[C@@H]2O[C@H](C)C[C@H](N(C)C)[C@H]2O)[C@](C)(O)C[C@@H](C)[C@H]2[C@H](C)[C@@H](O[C@H](Cc3ccccc3)N2C)[C@]1(C)O. The molecule has 60 heavy (non-hydrogen) atoms. The Morgan fingerprint density at radius 3 is 2.17 bits per heavy atom. The van der Waals surface area contributed by atoms with Crippen molar-refractivity contribution in [2.24, 2.45) is 23.7 Å². The molecule has 0 aromatic heterocycles. The first-order valence-corrected chi connectivity index (χ1v) is 22.2. The maximum atomic E-state index is 14.6. The summed E-state index contributed by atoms with van der Waals surface area (Å²) in [6.07, 6.45) is -7.32. The highest BCUT2D eigenvalue weighted by atomic mass is 16.7. The third kappa shape index (κ3) is 10.3. The Morgan fingerprint density at radius 2 is 1.57 bits per heavy atom. The average Bonchev–Trinajstić information content (AvgIpc) is 3.18. The molecule has 344 valence electrons. The minimum absolute atomic E-state index is 0.146. The summed E-state index contributed by atoms with van der Waals surface area (Å²) in [5.41, 5.74) is -3.15.